The topological polar surface area (TPSA) is 58.9 Å². The molecule has 0 aliphatic heterocycles. The van der Waals surface area contributed by atoms with E-state index in [-0.39, 0.29) is 24.0 Å². The molecule has 2 unspecified atom stereocenters. The summed E-state index contributed by atoms with van der Waals surface area (Å²) in [6, 6.07) is 15.9. The van der Waals surface area contributed by atoms with Gasteiger partial charge >= 0.3 is 0 Å². The standard InChI is InChI=1S/C22H29ClO4/c1-4-18(23)14-26-20-9-5-16(6-10-20)22(2,3)17-7-11-21(12-8-17)27-15-19(25)13-24/h5-12,18-19,24-25H,4,13-15H2,1-3H3. The summed E-state index contributed by atoms with van der Waals surface area (Å²) in [4.78, 5) is 0. The SMILES string of the molecule is CCC(Cl)COc1ccc(C(C)(C)c2ccc(OCC(O)CO)cc2)cc1. The van der Waals surface area contributed by atoms with Crippen molar-refractivity contribution in [3.05, 3.63) is 59.7 Å². The zero-order valence-electron chi connectivity index (χ0n) is 16.2. The lowest BCUT2D eigenvalue weighted by atomic mass is 9.78. The van der Waals surface area contributed by atoms with Crippen LogP contribution >= 0.6 is 11.6 Å². The van der Waals surface area contributed by atoms with Crippen LogP contribution in [-0.4, -0.2) is 41.5 Å². The highest BCUT2D eigenvalue weighted by Gasteiger charge is 2.23. The van der Waals surface area contributed by atoms with Gasteiger partial charge in [-0.25, -0.2) is 0 Å². The second-order valence-electron chi connectivity index (χ2n) is 7.14. The van der Waals surface area contributed by atoms with Crippen LogP contribution in [0.15, 0.2) is 48.5 Å². The highest BCUT2D eigenvalue weighted by Crippen LogP contribution is 2.33. The van der Waals surface area contributed by atoms with E-state index in [0.717, 1.165) is 17.7 Å². The summed E-state index contributed by atoms with van der Waals surface area (Å²) in [6.45, 7) is 6.64. The maximum absolute atomic E-state index is 9.36. The third-order valence-electron chi connectivity index (χ3n) is 4.68. The number of halogens is 1. The number of rotatable bonds is 10. The van der Waals surface area contributed by atoms with Crippen molar-refractivity contribution >= 4 is 11.6 Å². The molecular weight excluding hydrogens is 364 g/mol. The third kappa shape index (κ3) is 6.13. The van der Waals surface area contributed by atoms with Gasteiger partial charge in [0.25, 0.3) is 0 Å². The van der Waals surface area contributed by atoms with Crippen molar-refractivity contribution in [1.82, 2.24) is 0 Å². The zero-order valence-corrected chi connectivity index (χ0v) is 16.9. The number of alkyl halides is 1. The maximum Gasteiger partial charge on any atom is 0.119 e. The van der Waals surface area contributed by atoms with Gasteiger partial charge in [0.2, 0.25) is 0 Å². The zero-order chi connectivity index (χ0) is 19.9. The molecule has 0 radical (unpaired) electrons. The number of benzene rings is 2. The van der Waals surface area contributed by atoms with E-state index in [0.29, 0.717) is 12.4 Å². The first-order valence-corrected chi connectivity index (χ1v) is 9.70. The van der Waals surface area contributed by atoms with Crippen molar-refractivity contribution in [2.75, 3.05) is 19.8 Å². The molecule has 2 aromatic carbocycles. The van der Waals surface area contributed by atoms with E-state index in [4.69, 9.17) is 26.2 Å². The van der Waals surface area contributed by atoms with Crippen LogP contribution in [-0.2, 0) is 5.41 Å². The predicted octanol–water partition coefficient (Wildman–Crippen LogP) is 4.14. The van der Waals surface area contributed by atoms with Gasteiger partial charge < -0.3 is 19.7 Å². The molecule has 0 saturated heterocycles. The van der Waals surface area contributed by atoms with Gasteiger partial charge in [0.15, 0.2) is 0 Å². The molecule has 0 bridgehead atoms. The van der Waals surface area contributed by atoms with E-state index < -0.39 is 6.10 Å². The molecule has 27 heavy (non-hydrogen) atoms. The molecule has 0 heterocycles. The molecule has 148 valence electrons. The Balaban J connectivity index is 2.04. The van der Waals surface area contributed by atoms with E-state index in [1.807, 2.05) is 43.3 Å². The first-order chi connectivity index (χ1) is 12.9. The molecule has 0 aliphatic rings. The van der Waals surface area contributed by atoms with Crippen molar-refractivity contribution in [2.24, 2.45) is 0 Å². The molecule has 2 aromatic rings. The van der Waals surface area contributed by atoms with E-state index in [1.165, 1.54) is 5.56 Å². The largest absolute Gasteiger partial charge is 0.492 e. The predicted molar refractivity (Wildman–Crippen MR) is 109 cm³/mol. The van der Waals surface area contributed by atoms with Crippen LogP contribution in [0.3, 0.4) is 0 Å². The first-order valence-electron chi connectivity index (χ1n) is 9.26. The highest BCUT2D eigenvalue weighted by molar-refractivity contribution is 6.20. The van der Waals surface area contributed by atoms with Crippen LogP contribution in [0.4, 0.5) is 0 Å². The van der Waals surface area contributed by atoms with Crippen LogP contribution in [0.25, 0.3) is 0 Å². The quantitative estimate of drug-likeness (QED) is 0.596. The summed E-state index contributed by atoms with van der Waals surface area (Å²) >= 11 is 6.10. The van der Waals surface area contributed by atoms with E-state index in [2.05, 4.69) is 26.0 Å². The Morgan fingerprint density at radius 2 is 1.33 bits per heavy atom. The molecule has 2 N–H and O–H groups in total. The molecule has 0 saturated carbocycles. The molecule has 0 aliphatic carbocycles. The van der Waals surface area contributed by atoms with Crippen LogP contribution in [0.2, 0.25) is 0 Å². The fourth-order valence-corrected chi connectivity index (χ4v) is 2.71. The van der Waals surface area contributed by atoms with Gasteiger partial charge in [-0.3, -0.25) is 0 Å². The van der Waals surface area contributed by atoms with Crippen LogP contribution in [0, 0.1) is 0 Å². The van der Waals surface area contributed by atoms with Crippen molar-refractivity contribution in [3.63, 3.8) is 0 Å². The van der Waals surface area contributed by atoms with Gasteiger partial charge in [-0.2, -0.15) is 0 Å². The summed E-state index contributed by atoms with van der Waals surface area (Å²) in [5.41, 5.74) is 2.15. The Labute approximate surface area is 166 Å². The molecule has 4 nitrogen and oxygen atoms in total. The highest BCUT2D eigenvalue weighted by atomic mass is 35.5. The number of aliphatic hydroxyl groups excluding tert-OH is 2. The fourth-order valence-electron chi connectivity index (χ4n) is 2.65. The van der Waals surface area contributed by atoms with Crippen molar-refractivity contribution in [3.8, 4) is 11.5 Å². The summed E-state index contributed by atoms with van der Waals surface area (Å²) in [7, 11) is 0. The number of hydrogen-bond acceptors (Lipinski definition) is 4. The Kier molecular flexibility index (Phi) is 7.96. The Morgan fingerprint density at radius 1 is 0.889 bits per heavy atom. The summed E-state index contributed by atoms with van der Waals surface area (Å²) in [5.74, 6) is 1.48. The van der Waals surface area contributed by atoms with Crippen LogP contribution in [0.1, 0.15) is 38.3 Å². The first kappa shape index (κ1) is 21.5. The lowest BCUT2D eigenvalue weighted by Crippen LogP contribution is -2.21. The fraction of sp³-hybridized carbons (Fsp3) is 0.455. The molecular formula is C22H29ClO4. The summed E-state index contributed by atoms with van der Waals surface area (Å²) in [5, 5.41) is 18.2. The number of aliphatic hydroxyl groups is 2. The molecule has 5 heteroatoms. The number of hydrogen-bond donors (Lipinski definition) is 2. The lowest BCUT2D eigenvalue weighted by Gasteiger charge is -2.26. The smallest absolute Gasteiger partial charge is 0.119 e. The molecule has 2 rings (SSSR count). The van der Waals surface area contributed by atoms with Gasteiger partial charge in [-0.15, -0.1) is 11.6 Å². The Morgan fingerprint density at radius 3 is 1.74 bits per heavy atom. The molecule has 0 amide bonds. The average molecular weight is 393 g/mol. The van der Waals surface area contributed by atoms with Crippen molar-refractivity contribution < 1.29 is 19.7 Å². The summed E-state index contributed by atoms with van der Waals surface area (Å²) < 4.78 is 11.2. The minimum atomic E-state index is -0.867. The number of ether oxygens (including phenoxy) is 2. The summed E-state index contributed by atoms with van der Waals surface area (Å²) in [6.07, 6.45) is 0.0129. The van der Waals surface area contributed by atoms with Crippen LogP contribution in [0.5, 0.6) is 11.5 Å². The van der Waals surface area contributed by atoms with Gasteiger partial charge in [-0.1, -0.05) is 45.0 Å². The second kappa shape index (κ2) is 9.98. The normalized spacial score (nSPS) is 13.9. The minimum absolute atomic E-state index is 0.0281. The average Bonchev–Trinajstić information content (AvgIpc) is 2.70. The van der Waals surface area contributed by atoms with E-state index >= 15 is 0 Å². The van der Waals surface area contributed by atoms with Crippen molar-refractivity contribution in [1.29, 1.82) is 0 Å². The van der Waals surface area contributed by atoms with E-state index in [1.54, 1.807) is 0 Å². The Bertz CT molecular complexity index is 623. The monoisotopic (exact) mass is 392 g/mol. The van der Waals surface area contributed by atoms with E-state index in [9.17, 15) is 5.11 Å². The molecule has 0 aromatic heterocycles. The van der Waals surface area contributed by atoms with Gasteiger partial charge in [0, 0.05) is 5.41 Å². The lowest BCUT2D eigenvalue weighted by molar-refractivity contribution is 0.0536. The molecule has 0 spiro atoms. The molecule has 0 fully saturated rings. The Hall–Kier alpha value is -1.75. The second-order valence-corrected chi connectivity index (χ2v) is 7.75. The maximum atomic E-state index is 9.36. The third-order valence-corrected chi connectivity index (χ3v) is 5.11. The van der Waals surface area contributed by atoms with Crippen LogP contribution < -0.4 is 9.47 Å². The van der Waals surface area contributed by atoms with Gasteiger partial charge in [0.1, 0.15) is 30.8 Å². The van der Waals surface area contributed by atoms with Gasteiger partial charge in [0.05, 0.1) is 12.0 Å². The van der Waals surface area contributed by atoms with Gasteiger partial charge in [-0.05, 0) is 41.8 Å². The molecule has 2 atom stereocenters. The minimum Gasteiger partial charge on any atom is -0.492 e. The van der Waals surface area contributed by atoms with Crippen molar-refractivity contribution in [2.45, 2.75) is 44.1 Å².